The molecule has 0 bridgehead atoms. The Kier molecular flexibility index (Phi) is 8.27. The second-order valence-electron chi connectivity index (χ2n) is 9.33. The van der Waals surface area contributed by atoms with Gasteiger partial charge in [-0.3, -0.25) is 0 Å². The van der Waals surface area contributed by atoms with Crippen molar-refractivity contribution in [3.05, 3.63) is 88.8 Å². The Morgan fingerprint density at radius 1 is 1.07 bits per heavy atom. The number of hydrogen-bond donors (Lipinski definition) is 2. The van der Waals surface area contributed by atoms with Crippen molar-refractivity contribution in [1.29, 1.82) is 0 Å². The monoisotopic (exact) mass is 583 g/mol. The lowest BCUT2D eigenvalue weighted by Gasteiger charge is -2.30. The Morgan fingerprint density at radius 2 is 1.93 bits per heavy atom. The van der Waals surface area contributed by atoms with Gasteiger partial charge in [-0.25, -0.2) is 32.7 Å². The molecule has 10 nitrogen and oxygen atoms in total. The number of halogens is 2. The molecule has 5 rings (SSSR count). The molecule has 3 heterocycles. The van der Waals surface area contributed by atoms with Crippen molar-refractivity contribution < 1.29 is 17.5 Å². The van der Waals surface area contributed by atoms with Crippen LogP contribution in [0, 0.1) is 5.82 Å². The second-order valence-corrected chi connectivity index (χ2v) is 12.0. The zero-order chi connectivity index (χ0) is 28.1. The lowest BCUT2D eigenvalue weighted by atomic mass is 10.1. The highest BCUT2D eigenvalue weighted by Gasteiger charge is 2.23. The Balaban J connectivity index is 1.27. The molecule has 0 fully saturated rings. The number of aromatic nitrogens is 4. The molecule has 0 unspecified atom stereocenters. The predicted molar refractivity (Wildman–Crippen MR) is 152 cm³/mol. The number of benzene rings is 2. The number of ether oxygens (including phenoxy) is 1. The first-order chi connectivity index (χ1) is 19.2. The van der Waals surface area contributed by atoms with Crippen LogP contribution in [0.5, 0.6) is 5.75 Å². The standard InChI is InChI=1S/C27H27ClFN7O3S/c1-40(37,38)10-8-30-25-13-26(33-17-32-25)36-9-7-23-21(14-36)27(34-16-31-23)35-20-5-6-24(22(28)12-20)39-15-18-3-2-4-19(29)11-18/h2-6,11-13,16-17H,7-10,14-15H2,1H3,(H,30,32,33)(H,31,34,35). The van der Waals surface area contributed by atoms with E-state index in [1.165, 1.54) is 31.0 Å². The molecule has 4 aromatic rings. The molecule has 208 valence electrons. The van der Waals surface area contributed by atoms with Crippen LogP contribution in [0.4, 0.5) is 27.5 Å². The first-order valence-corrected chi connectivity index (χ1v) is 14.9. The summed E-state index contributed by atoms with van der Waals surface area (Å²) in [5.41, 5.74) is 3.30. The summed E-state index contributed by atoms with van der Waals surface area (Å²) in [4.78, 5) is 19.7. The summed E-state index contributed by atoms with van der Waals surface area (Å²) in [6.45, 7) is 1.67. The molecular formula is C27H27ClFN7O3S. The van der Waals surface area contributed by atoms with Crippen LogP contribution in [0.1, 0.15) is 16.8 Å². The van der Waals surface area contributed by atoms with Crippen LogP contribution in [0.15, 0.2) is 61.2 Å². The van der Waals surface area contributed by atoms with Crippen LogP contribution >= 0.6 is 11.6 Å². The highest BCUT2D eigenvalue weighted by molar-refractivity contribution is 7.90. The Bertz CT molecular complexity index is 1620. The number of nitrogens with one attached hydrogen (secondary N) is 2. The Labute approximate surface area is 236 Å². The molecule has 0 aliphatic carbocycles. The molecule has 0 spiro atoms. The van der Waals surface area contributed by atoms with Crippen LogP contribution in [0.2, 0.25) is 5.02 Å². The molecule has 1 aliphatic rings. The minimum absolute atomic E-state index is 0.0138. The van der Waals surface area contributed by atoms with Gasteiger partial charge in [-0.15, -0.1) is 0 Å². The topological polar surface area (TPSA) is 122 Å². The van der Waals surface area contributed by atoms with Crippen molar-refractivity contribution in [2.45, 2.75) is 19.6 Å². The van der Waals surface area contributed by atoms with E-state index in [1.54, 1.807) is 30.3 Å². The van der Waals surface area contributed by atoms with Gasteiger partial charge in [0, 0.05) is 49.6 Å². The summed E-state index contributed by atoms with van der Waals surface area (Å²) in [6, 6.07) is 13.4. The first-order valence-electron chi connectivity index (χ1n) is 12.5. The van der Waals surface area contributed by atoms with Crippen LogP contribution in [-0.2, 0) is 29.4 Å². The lowest BCUT2D eigenvalue weighted by molar-refractivity contribution is 0.306. The van der Waals surface area contributed by atoms with Gasteiger partial charge in [-0.05, 0) is 35.9 Å². The largest absolute Gasteiger partial charge is 0.487 e. The van der Waals surface area contributed by atoms with Crippen molar-refractivity contribution in [3.8, 4) is 5.75 Å². The van der Waals surface area contributed by atoms with E-state index < -0.39 is 9.84 Å². The van der Waals surface area contributed by atoms with Crippen LogP contribution < -0.4 is 20.3 Å². The number of sulfone groups is 1. The summed E-state index contributed by atoms with van der Waals surface area (Å²) in [5.74, 6) is 2.09. The smallest absolute Gasteiger partial charge is 0.149 e. The SMILES string of the molecule is CS(=O)(=O)CCNc1cc(N2CCc3ncnc(Nc4ccc(OCc5cccc(F)c5)c(Cl)c4)c3C2)ncn1. The number of rotatable bonds is 10. The maximum absolute atomic E-state index is 13.4. The van der Waals surface area contributed by atoms with E-state index in [4.69, 9.17) is 16.3 Å². The van der Waals surface area contributed by atoms with Gasteiger partial charge >= 0.3 is 0 Å². The molecule has 1 aliphatic heterocycles. The summed E-state index contributed by atoms with van der Waals surface area (Å²) in [5, 5.41) is 6.78. The summed E-state index contributed by atoms with van der Waals surface area (Å²) in [7, 11) is -3.08. The number of fused-ring (bicyclic) bond motifs is 1. The fourth-order valence-corrected chi connectivity index (χ4v) is 4.95. The van der Waals surface area contributed by atoms with Crippen molar-refractivity contribution in [1.82, 2.24) is 19.9 Å². The van der Waals surface area contributed by atoms with E-state index in [0.717, 1.165) is 16.9 Å². The fourth-order valence-electron chi connectivity index (χ4n) is 4.25. The van der Waals surface area contributed by atoms with Gasteiger partial charge in [0.15, 0.2) is 0 Å². The van der Waals surface area contributed by atoms with Gasteiger partial charge in [0.1, 0.15) is 58.1 Å². The molecule has 2 aromatic carbocycles. The Hall–Kier alpha value is -4.03. The van der Waals surface area contributed by atoms with E-state index in [1.807, 2.05) is 6.07 Å². The van der Waals surface area contributed by atoms with Crippen molar-refractivity contribution >= 4 is 44.6 Å². The molecular weight excluding hydrogens is 557 g/mol. The Morgan fingerprint density at radius 3 is 2.73 bits per heavy atom. The van der Waals surface area contributed by atoms with Crippen LogP contribution in [-0.4, -0.2) is 53.5 Å². The maximum Gasteiger partial charge on any atom is 0.149 e. The van der Waals surface area contributed by atoms with E-state index in [0.29, 0.717) is 53.3 Å². The molecule has 2 N–H and O–H groups in total. The number of nitrogens with zero attached hydrogens (tertiary/aromatic N) is 5. The molecule has 2 aromatic heterocycles. The second kappa shape index (κ2) is 12.0. The molecule has 13 heteroatoms. The maximum atomic E-state index is 13.4. The van der Waals surface area contributed by atoms with E-state index in [-0.39, 0.29) is 24.7 Å². The van der Waals surface area contributed by atoms with Crippen molar-refractivity contribution in [2.75, 3.05) is 40.6 Å². The van der Waals surface area contributed by atoms with Gasteiger partial charge in [-0.2, -0.15) is 0 Å². The third kappa shape index (κ3) is 7.13. The van der Waals surface area contributed by atoms with Crippen LogP contribution in [0.3, 0.4) is 0 Å². The van der Waals surface area contributed by atoms with Gasteiger partial charge in [0.05, 0.1) is 16.5 Å². The van der Waals surface area contributed by atoms with Gasteiger partial charge in [0.25, 0.3) is 0 Å². The lowest BCUT2D eigenvalue weighted by Crippen LogP contribution is -2.32. The van der Waals surface area contributed by atoms with Crippen molar-refractivity contribution in [2.24, 2.45) is 0 Å². The molecule has 0 amide bonds. The zero-order valence-corrected chi connectivity index (χ0v) is 23.2. The minimum Gasteiger partial charge on any atom is -0.487 e. The highest BCUT2D eigenvalue weighted by atomic mass is 35.5. The molecule has 0 radical (unpaired) electrons. The average molecular weight is 584 g/mol. The predicted octanol–water partition coefficient (Wildman–Crippen LogP) is 4.40. The molecule has 0 atom stereocenters. The summed E-state index contributed by atoms with van der Waals surface area (Å²) in [6.07, 6.45) is 4.88. The quantitative estimate of drug-likeness (QED) is 0.278. The van der Waals surface area contributed by atoms with Gasteiger partial charge < -0.3 is 20.3 Å². The minimum atomic E-state index is -3.08. The summed E-state index contributed by atoms with van der Waals surface area (Å²) >= 11 is 6.48. The third-order valence-corrected chi connectivity index (χ3v) is 7.48. The normalized spacial score (nSPS) is 13.0. The molecule has 0 saturated carbocycles. The van der Waals surface area contributed by atoms with Gasteiger partial charge in [-0.1, -0.05) is 23.7 Å². The van der Waals surface area contributed by atoms with Crippen LogP contribution in [0.25, 0.3) is 0 Å². The molecule has 40 heavy (non-hydrogen) atoms. The van der Waals surface area contributed by atoms with Gasteiger partial charge in [0.2, 0.25) is 0 Å². The molecule has 0 saturated heterocycles. The van der Waals surface area contributed by atoms with E-state index in [9.17, 15) is 12.8 Å². The number of hydrogen-bond acceptors (Lipinski definition) is 10. The van der Waals surface area contributed by atoms with Crippen molar-refractivity contribution in [3.63, 3.8) is 0 Å². The average Bonchev–Trinajstić information content (AvgIpc) is 2.92. The fraction of sp³-hybridized carbons (Fsp3) is 0.259. The summed E-state index contributed by atoms with van der Waals surface area (Å²) < 4.78 is 42.1. The van der Waals surface area contributed by atoms with E-state index >= 15 is 0 Å². The first kappa shape index (κ1) is 27.5. The van der Waals surface area contributed by atoms with E-state index in [2.05, 4.69) is 35.5 Å². The number of anilines is 4. The third-order valence-electron chi connectivity index (χ3n) is 6.24. The highest BCUT2D eigenvalue weighted by Crippen LogP contribution is 2.32. The zero-order valence-electron chi connectivity index (χ0n) is 21.6.